The molecule has 4 heteroatoms. The Morgan fingerprint density at radius 3 is 1.71 bits per heavy atom. The van der Waals surface area contributed by atoms with Gasteiger partial charge in [0.15, 0.2) is 0 Å². The zero-order valence-corrected chi connectivity index (χ0v) is 12.7. The fourth-order valence-corrected chi connectivity index (χ4v) is 2.48. The predicted molar refractivity (Wildman–Crippen MR) is 90.7 cm³/mol. The van der Waals surface area contributed by atoms with Crippen LogP contribution in [0.1, 0.15) is 0 Å². The van der Waals surface area contributed by atoms with Crippen LogP contribution in [0, 0.1) is 0 Å². The predicted octanol–water partition coefficient (Wildman–Crippen LogP) is 3.83. The third-order valence-electron chi connectivity index (χ3n) is 3.57. The third-order valence-corrected chi connectivity index (χ3v) is 3.57. The van der Waals surface area contributed by atoms with E-state index in [2.05, 4.69) is 0 Å². The van der Waals surface area contributed by atoms with Gasteiger partial charge in [0, 0.05) is 11.1 Å². The highest BCUT2D eigenvalue weighted by Gasteiger charge is 2.15. The molecule has 1 N–H and O–H groups in total. The molecule has 0 unspecified atom stereocenters. The van der Waals surface area contributed by atoms with Gasteiger partial charge in [-0.15, -0.1) is 0 Å². The molecule has 118 valence electrons. The first-order valence-electron chi connectivity index (χ1n) is 7.34. The molecule has 0 radical (unpaired) electrons. The van der Waals surface area contributed by atoms with E-state index < -0.39 is 5.97 Å². The molecular formula is C20H14O4. The summed E-state index contributed by atoms with van der Waals surface area (Å²) in [4.78, 5) is 21.9. The van der Waals surface area contributed by atoms with E-state index in [1.54, 1.807) is 12.1 Å². The second-order valence-electron chi connectivity index (χ2n) is 5.14. The molecule has 0 amide bonds. The molecule has 24 heavy (non-hydrogen) atoms. The van der Waals surface area contributed by atoms with Crippen molar-refractivity contribution >= 4 is 12.3 Å². The summed E-state index contributed by atoms with van der Waals surface area (Å²) in [6, 6.07) is 21.6. The monoisotopic (exact) mass is 318 g/mol. The van der Waals surface area contributed by atoms with Gasteiger partial charge in [0.2, 0.25) is 6.29 Å². The number of aldehydes is 1. The molecule has 0 aromatic heterocycles. The molecule has 3 aromatic carbocycles. The van der Waals surface area contributed by atoms with Gasteiger partial charge in [-0.25, -0.2) is 4.79 Å². The fraction of sp³-hybridized carbons (Fsp3) is 0. The molecule has 0 saturated carbocycles. The number of benzene rings is 3. The molecule has 0 aliphatic heterocycles. The van der Waals surface area contributed by atoms with Crippen LogP contribution in [-0.4, -0.2) is 17.4 Å². The Labute approximate surface area is 139 Å². The minimum atomic E-state index is -0.987. The van der Waals surface area contributed by atoms with Crippen molar-refractivity contribution in [2.45, 2.75) is 0 Å². The number of phenolic OH excluding ortho intramolecular Hbond substituents is 1. The van der Waals surface area contributed by atoms with Crippen LogP contribution in [0.15, 0.2) is 72.8 Å². The van der Waals surface area contributed by atoms with Gasteiger partial charge in [-0.1, -0.05) is 60.7 Å². The van der Waals surface area contributed by atoms with Crippen molar-refractivity contribution in [3.63, 3.8) is 0 Å². The van der Waals surface area contributed by atoms with E-state index in [1.165, 1.54) is 0 Å². The molecule has 0 bridgehead atoms. The molecule has 0 spiro atoms. The van der Waals surface area contributed by atoms with Crippen molar-refractivity contribution in [1.82, 2.24) is 0 Å². The van der Waals surface area contributed by atoms with Gasteiger partial charge in [0.25, 0.3) is 0 Å². The zero-order valence-electron chi connectivity index (χ0n) is 12.7. The number of hydrogen-bond acceptors (Lipinski definition) is 4. The normalized spacial score (nSPS) is 10.2. The Balaban J connectivity index is 2.19. The van der Waals surface area contributed by atoms with Gasteiger partial charge in [0.05, 0.1) is 0 Å². The second-order valence-corrected chi connectivity index (χ2v) is 5.14. The van der Waals surface area contributed by atoms with E-state index in [-0.39, 0.29) is 17.8 Å². The molecule has 3 rings (SSSR count). The van der Waals surface area contributed by atoms with Crippen LogP contribution in [0.25, 0.3) is 22.3 Å². The molecule has 3 aromatic rings. The zero-order chi connectivity index (χ0) is 16.9. The van der Waals surface area contributed by atoms with Gasteiger partial charge < -0.3 is 9.84 Å². The summed E-state index contributed by atoms with van der Waals surface area (Å²) in [6.45, 7) is 0. The smallest absolute Gasteiger partial charge is 0.376 e. The van der Waals surface area contributed by atoms with E-state index in [0.717, 1.165) is 11.1 Å². The third kappa shape index (κ3) is 3.17. The molecular weight excluding hydrogens is 304 g/mol. The average Bonchev–Trinajstić information content (AvgIpc) is 2.64. The number of carbonyl (C=O) groups is 2. The number of phenols is 1. The number of hydrogen-bond donors (Lipinski definition) is 1. The molecule has 4 nitrogen and oxygen atoms in total. The Kier molecular flexibility index (Phi) is 4.38. The van der Waals surface area contributed by atoms with Crippen molar-refractivity contribution in [2.24, 2.45) is 0 Å². The summed E-state index contributed by atoms with van der Waals surface area (Å²) in [5, 5.41) is 10.7. The van der Waals surface area contributed by atoms with Crippen LogP contribution in [0.4, 0.5) is 0 Å². The number of aromatic hydroxyl groups is 1. The van der Waals surface area contributed by atoms with E-state index >= 15 is 0 Å². The van der Waals surface area contributed by atoms with E-state index in [4.69, 9.17) is 4.74 Å². The fourth-order valence-electron chi connectivity index (χ4n) is 2.48. The largest absolute Gasteiger partial charge is 0.507 e. The SMILES string of the molecule is O=CC(=O)Oc1cc(-c2ccccc2)c(O)c(-c2ccccc2)c1. The molecule has 0 aliphatic rings. The first-order chi connectivity index (χ1) is 11.7. The Hall–Kier alpha value is -3.40. The number of esters is 1. The van der Waals surface area contributed by atoms with Gasteiger partial charge in [-0.05, 0) is 23.3 Å². The highest BCUT2D eigenvalue weighted by molar-refractivity contribution is 6.21. The Morgan fingerprint density at radius 2 is 1.29 bits per heavy atom. The number of ether oxygens (including phenoxy) is 1. The lowest BCUT2D eigenvalue weighted by Crippen LogP contribution is -2.08. The second kappa shape index (κ2) is 6.79. The van der Waals surface area contributed by atoms with Crippen LogP contribution >= 0.6 is 0 Å². The lowest BCUT2D eigenvalue weighted by atomic mass is 9.97. The van der Waals surface area contributed by atoms with Crippen LogP contribution in [0.5, 0.6) is 11.5 Å². The first kappa shape index (κ1) is 15.5. The maximum Gasteiger partial charge on any atom is 0.376 e. The molecule has 0 fully saturated rings. The van der Waals surface area contributed by atoms with Crippen molar-refractivity contribution < 1.29 is 19.4 Å². The lowest BCUT2D eigenvalue weighted by Gasteiger charge is -2.13. The molecule has 0 aliphatic carbocycles. The summed E-state index contributed by atoms with van der Waals surface area (Å²) in [5.74, 6) is -0.709. The molecule has 0 atom stereocenters. The van der Waals surface area contributed by atoms with E-state index in [0.29, 0.717) is 11.1 Å². The minimum Gasteiger partial charge on any atom is -0.507 e. The van der Waals surface area contributed by atoms with E-state index in [9.17, 15) is 14.7 Å². The summed E-state index contributed by atoms with van der Waals surface area (Å²) in [7, 11) is 0. The van der Waals surface area contributed by atoms with Crippen LogP contribution in [0.3, 0.4) is 0 Å². The number of rotatable bonds is 4. The maximum atomic E-state index is 11.3. The highest BCUT2D eigenvalue weighted by atomic mass is 16.5. The standard InChI is InChI=1S/C20H14O4/c21-13-19(22)24-16-11-17(14-7-3-1-4-8-14)20(23)18(12-16)15-9-5-2-6-10-15/h1-13,23H. The van der Waals surface area contributed by atoms with Crippen LogP contribution in [0.2, 0.25) is 0 Å². The summed E-state index contributed by atoms with van der Waals surface area (Å²) < 4.78 is 5.02. The molecule has 0 heterocycles. The maximum absolute atomic E-state index is 11.3. The molecule has 0 saturated heterocycles. The Morgan fingerprint density at radius 1 is 0.833 bits per heavy atom. The summed E-state index contributed by atoms with van der Waals surface area (Å²) >= 11 is 0. The minimum absolute atomic E-state index is 0.0818. The van der Waals surface area contributed by atoms with Crippen molar-refractivity contribution in [3.8, 4) is 33.8 Å². The van der Waals surface area contributed by atoms with Gasteiger partial charge >= 0.3 is 5.97 Å². The quantitative estimate of drug-likeness (QED) is 0.344. The van der Waals surface area contributed by atoms with Crippen molar-refractivity contribution in [3.05, 3.63) is 72.8 Å². The van der Waals surface area contributed by atoms with Crippen LogP contribution in [-0.2, 0) is 9.59 Å². The Bertz CT molecular complexity index is 810. The van der Waals surface area contributed by atoms with Gasteiger partial charge in [-0.3, -0.25) is 4.79 Å². The van der Waals surface area contributed by atoms with Crippen molar-refractivity contribution in [1.29, 1.82) is 0 Å². The summed E-state index contributed by atoms with van der Waals surface area (Å²) in [5.41, 5.74) is 2.59. The van der Waals surface area contributed by atoms with E-state index in [1.807, 2.05) is 60.7 Å². The summed E-state index contributed by atoms with van der Waals surface area (Å²) in [6.07, 6.45) is 0.108. The number of carbonyl (C=O) groups excluding carboxylic acids is 2. The topological polar surface area (TPSA) is 63.6 Å². The first-order valence-corrected chi connectivity index (χ1v) is 7.34. The average molecular weight is 318 g/mol. The van der Waals surface area contributed by atoms with Gasteiger partial charge in [0.1, 0.15) is 11.5 Å². The van der Waals surface area contributed by atoms with Gasteiger partial charge in [-0.2, -0.15) is 0 Å². The van der Waals surface area contributed by atoms with Crippen LogP contribution < -0.4 is 4.74 Å². The van der Waals surface area contributed by atoms with Crippen molar-refractivity contribution in [2.75, 3.05) is 0 Å². The lowest BCUT2D eigenvalue weighted by molar-refractivity contribution is -0.141. The highest BCUT2D eigenvalue weighted by Crippen LogP contribution is 2.41.